The van der Waals surface area contributed by atoms with Gasteiger partial charge in [0.15, 0.2) is 0 Å². The van der Waals surface area contributed by atoms with E-state index in [0.29, 0.717) is 24.2 Å². The number of carbonyl (C=O) groups is 2. The van der Waals surface area contributed by atoms with E-state index in [0.717, 1.165) is 44.9 Å². The van der Waals surface area contributed by atoms with Crippen molar-refractivity contribution < 1.29 is 14.3 Å². The summed E-state index contributed by atoms with van der Waals surface area (Å²) < 4.78 is 6.16. The first-order valence-electron chi connectivity index (χ1n) is 16.1. The van der Waals surface area contributed by atoms with Crippen molar-refractivity contribution in [3.63, 3.8) is 0 Å². The largest absolute Gasteiger partial charge is 0.462 e. The molecule has 3 nitrogen and oxygen atoms in total. The minimum absolute atomic E-state index is 0. The second-order valence-electron chi connectivity index (χ2n) is 15.0. The van der Waals surface area contributed by atoms with Crippen LogP contribution in [0.1, 0.15) is 174 Å². The van der Waals surface area contributed by atoms with Gasteiger partial charge in [0.25, 0.3) is 0 Å². The number of hydrogen-bond donors (Lipinski definition) is 0. The van der Waals surface area contributed by atoms with Crippen molar-refractivity contribution in [3.05, 3.63) is 0 Å². The molecule has 0 aromatic rings. The van der Waals surface area contributed by atoms with E-state index in [1.54, 1.807) is 0 Å². The summed E-state index contributed by atoms with van der Waals surface area (Å²) in [6.45, 7) is 29.3. The summed E-state index contributed by atoms with van der Waals surface area (Å²) in [7, 11) is 0. The summed E-state index contributed by atoms with van der Waals surface area (Å²) in [5.41, 5.74) is -0.0660. The summed E-state index contributed by atoms with van der Waals surface area (Å²) in [4.78, 5) is 25.0. The van der Waals surface area contributed by atoms with E-state index in [1.807, 2.05) is 0 Å². The third-order valence-electron chi connectivity index (χ3n) is 10.5. The Morgan fingerprint density at radius 3 is 1.77 bits per heavy atom. The van der Waals surface area contributed by atoms with Gasteiger partial charge < -0.3 is 9.53 Å². The zero-order valence-electron chi connectivity index (χ0n) is 28.1. The lowest BCUT2D eigenvalue weighted by Crippen LogP contribution is -2.40. The van der Waals surface area contributed by atoms with Crippen LogP contribution in [-0.2, 0) is 14.3 Å². The molecule has 0 aliphatic heterocycles. The highest BCUT2D eigenvalue weighted by Gasteiger charge is 2.40. The second kappa shape index (κ2) is 17.8. The summed E-state index contributed by atoms with van der Waals surface area (Å²) in [5.74, 6) is 1.46. The number of esters is 1. The monoisotopic (exact) mass is 553 g/mol. The van der Waals surface area contributed by atoms with Gasteiger partial charge in [-0.3, -0.25) is 4.79 Å². The van der Waals surface area contributed by atoms with Crippen molar-refractivity contribution in [2.45, 2.75) is 181 Å². The Labute approximate surface area is 246 Å². The van der Waals surface area contributed by atoms with Gasteiger partial charge in [0.2, 0.25) is 0 Å². The Balaban J connectivity index is 0. The van der Waals surface area contributed by atoms with E-state index < -0.39 is 0 Å². The van der Waals surface area contributed by atoms with Gasteiger partial charge in [-0.05, 0) is 67.1 Å². The molecule has 0 aliphatic carbocycles. The molecule has 0 spiro atoms. The minimum atomic E-state index is -0.177. The highest BCUT2D eigenvalue weighted by Crippen LogP contribution is 2.46. The van der Waals surface area contributed by atoms with Gasteiger partial charge >= 0.3 is 5.97 Å². The topological polar surface area (TPSA) is 43.4 Å². The summed E-state index contributed by atoms with van der Waals surface area (Å²) in [5, 5.41) is 0. The van der Waals surface area contributed by atoms with E-state index in [-0.39, 0.29) is 41.2 Å². The smallest absolute Gasteiger partial charge is 0.306 e. The van der Waals surface area contributed by atoms with Crippen molar-refractivity contribution in [1.82, 2.24) is 0 Å². The zero-order valence-corrected chi connectivity index (χ0v) is 28.1. The second-order valence-corrected chi connectivity index (χ2v) is 15.0. The average molecular weight is 553 g/mol. The highest BCUT2D eigenvalue weighted by atomic mass is 16.5. The fraction of sp³-hybridized carbons (Fsp3) is 0.944. The first-order chi connectivity index (χ1) is 17.5. The van der Waals surface area contributed by atoms with Crippen molar-refractivity contribution >= 4 is 12.3 Å². The number of aldehydes is 1. The maximum absolute atomic E-state index is 12.8. The molecule has 0 rings (SSSR count). The maximum Gasteiger partial charge on any atom is 0.306 e. The predicted molar refractivity (Wildman–Crippen MR) is 172 cm³/mol. The summed E-state index contributed by atoms with van der Waals surface area (Å²) in [6, 6.07) is 0. The van der Waals surface area contributed by atoms with Crippen LogP contribution in [0.4, 0.5) is 0 Å². The standard InChI is InChI=1S/C35H68O3.CH4/c1-14-19-29(7)34(13,22-18-23-35(17-4,26-36)27(5)16-3)24-21-28(6)33(11,12)30(20-15-2)38-31(37)25-32(8,9)10;/h26-30H,14-25H2,1-13H3;1H4/t27?,28?,29?,30-,34+,35+;/m0./s1. The van der Waals surface area contributed by atoms with Gasteiger partial charge in [0.1, 0.15) is 12.4 Å². The van der Waals surface area contributed by atoms with Crippen LogP contribution < -0.4 is 0 Å². The number of rotatable bonds is 20. The van der Waals surface area contributed by atoms with E-state index in [9.17, 15) is 9.59 Å². The van der Waals surface area contributed by atoms with Crippen LogP contribution in [0.5, 0.6) is 0 Å². The number of ether oxygens (including phenoxy) is 1. The van der Waals surface area contributed by atoms with E-state index in [2.05, 4.69) is 90.0 Å². The zero-order chi connectivity index (χ0) is 29.8. The molecule has 0 N–H and O–H groups in total. The maximum atomic E-state index is 12.8. The van der Waals surface area contributed by atoms with E-state index in [1.165, 1.54) is 32.0 Å². The molecule has 0 bridgehead atoms. The quantitative estimate of drug-likeness (QED) is 0.111. The molecule has 39 heavy (non-hydrogen) atoms. The van der Waals surface area contributed by atoms with Gasteiger partial charge in [-0.2, -0.15) is 0 Å². The van der Waals surface area contributed by atoms with Crippen molar-refractivity contribution in [2.24, 2.45) is 39.4 Å². The van der Waals surface area contributed by atoms with Gasteiger partial charge in [-0.1, -0.05) is 130 Å². The normalized spacial score (nSPS) is 18.6. The Hall–Kier alpha value is -0.860. The molecule has 0 heterocycles. The Morgan fingerprint density at radius 2 is 1.33 bits per heavy atom. The van der Waals surface area contributed by atoms with Crippen LogP contribution in [0.2, 0.25) is 0 Å². The predicted octanol–water partition coefficient (Wildman–Crippen LogP) is 11.5. The van der Waals surface area contributed by atoms with Crippen LogP contribution in [0.25, 0.3) is 0 Å². The molecule has 3 heteroatoms. The lowest BCUT2D eigenvalue weighted by atomic mass is 9.64. The lowest BCUT2D eigenvalue weighted by molar-refractivity contribution is -0.160. The van der Waals surface area contributed by atoms with Gasteiger partial charge in [-0.15, -0.1) is 0 Å². The first kappa shape index (κ1) is 40.3. The fourth-order valence-electron chi connectivity index (χ4n) is 6.37. The van der Waals surface area contributed by atoms with Crippen LogP contribution in [0.15, 0.2) is 0 Å². The lowest BCUT2D eigenvalue weighted by Gasteiger charge is -2.43. The van der Waals surface area contributed by atoms with Crippen LogP contribution >= 0.6 is 0 Å². The third-order valence-corrected chi connectivity index (χ3v) is 10.5. The van der Waals surface area contributed by atoms with Crippen molar-refractivity contribution in [3.8, 4) is 0 Å². The van der Waals surface area contributed by atoms with Crippen molar-refractivity contribution in [1.29, 1.82) is 0 Å². The Morgan fingerprint density at radius 1 is 0.769 bits per heavy atom. The molecule has 0 saturated heterocycles. The molecule has 6 atom stereocenters. The molecule has 0 amide bonds. The molecule has 0 aliphatic rings. The summed E-state index contributed by atoms with van der Waals surface area (Å²) >= 11 is 0. The molecule has 0 saturated carbocycles. The van der Waals surface area contributed by atoms with Crippen LogP contribution in [-0.4, -0.2) is 18.4 Å². The molecular weight excluding hydrogens is 480 g/mol. The van der Waals surface area contributed by atoms with Gasteiger partial charge in [0.05, 0.1) is 6.42 Å². The highest BCUT2D eigenvalue weighted by molar-refractivity contribution is 5.70. The van der Waals surface area contributed by atoms with Gasteiger partial charge in [0, 0.05) is 10.8 Å². The molecule has 3 unspecified atom stereocenters. The first-order valence-corrected chi connectivity index (χ1v) is 16.1. The molecule has 0 radical (unpaired) electrons. The minimum Gasteiger partial charge on any atom is -0.462 e. The molecule has 234 valence electrons. The molecule has 0 fully saturated rings. The van der Waals surface area contributed by atoms with Crippen molar-refractivity contribution in [2.75, 3.05) is 0 Å². The summed E-state index contributed by atoms with van der Waals surface area (Å²) in [6.07, 6.45) is 13.6. The molecule has 0 aromatic carbocycles. The Bertz CT molecular complexity index is 675. The number of hydrogen-bond acceptors (Lipinski definition) is 3. The van der Waals surface area contributed by atoms with Gasteiger partial charge in [-0.25, -0.2) is 0 Å². The van der Waals surface area contributed by atoms with Crippen LogP contribution in [0.3, 0.4) is 0 Å². The SMILES string of the molecule is C.CCCC(C)[C@](C)(CCC[C@@](C=O)(CC)C(C)CC)CCC(C)C(C)(C)[C@H](CCC)OC(=O)CC(C)(C)C. The van der Waals surface area contributed by atoms with E-state index >= 15 is 0 Å². The molecule has 0 aromatic heterocycles. The average Bonchev–Trinajstić information content (AvgIpc) is 2.83. The van der Waals surface area contributed by atoms with Crippen LogP contribution in [0, 0.1) is 39.4 Å². The number of carbonyl (C=O) groups excluding carboxylic acids is 2. The Kier molecular flexibility index (Phi) is 18.4. The third kappa shape index (κ3) is 12.7. The fourth-order valence-corrected chi connectivity index (χ4v) is 6.37. The van der Waals surface area contributed by atoms with E-state index in [4.69, 9.17) is 4.74 Å². The molecular formula is C36H72O3.